The number of hydrogen-bond donors (Lipinski definition) is 0. The first-order valence-corrected chi connectivity index (χ1v) is 9.52. The fourth-order valence-electron chi connectivity index (χ4n) is 4.19. The van der Waals surface area contributed by atoms with Gasteiger partial charge in [-0.25, -0.2) is 0 Å². The van der Waals surface area contributed by atoms with Crippen molar-refractivity contribution >= 4 is 17.7 Å². The zero-order chi connectivity index (χ0) is 18.4. The van der Waals surface area contributed by atoms with Crippen molar-refractivity contribution in [2.45, 2.75) is 20.3 Å². The van der Waals surface area contributed by atoms with Gasteiger partial charge in [0.05, 0.1) is 0 Å². The van der Waals surface area contributed by atoms with Crippen LogP contribution in [0.2, 0.25) is 0 Å². The second-order valence-electron chi connectivity index (χ2n) is 7.44. The number of fused-ring (bicyclic) bond motifs is 3. The van der Waals surface area contributed by atoms with E-state index in [0.717, 1.165) is 6.42 Å². The Hall–Kier alpha value is -3.12. The van der Waals surface area contributed by atoms with Crippen molar-refractivity contribution in [2.75, 3.05) is 0 Å². The molecule has 129 valence electrons. The van der Waals surface area contributed by atoms with E-state index in [1.165, 1.54) is 55.0 Å². The molecule has 0 aliphatic heterocycles. The number of rotatable bonds is 2. The molecule has 0 nitrogen and oxygen atoms in total. The van der Waals surface area contributed by atoms with Crippen LogP contribution >= 0.6 is 0 Å². The van der Waals surface area contributed by atoms with Gasteiger partial charge in [0.1, 0.15) is 0 Å². The minimum Gasteiger partial charge on any atom is -0.0801 e. The van der Waals surface area contributed by atoms with E-state index >= 15 is 0 Å². The van der Waals surface area contributed by atoms with Crippen LogP contribution in [-0.2, 0) is 0 Å². The molecule has 0 aromatic heterocycles. The smallest absolute Gasteiger partial charge is 0.000732 e. The molecule has 5 rings (SSSR count). The van der Waals surface area contributed by atoms with Gasteiger partial charge in [-0.05, 0) is 87.9 Å². The fraction of sp³-hybridized carbons (Fsp3) is 0.111. The summed E-state index contributed by atoms with van der Waals surface area (Å²) < 4.78 is 0. The standard InChI is InChI=1S/C27H21/c1-18-12-13-24-23(14-18)17-26-25(24)16-22(15-20-8-4-3-5-9-20)19(2)27(26)21-10-6-7-11-21/h3-10,12-16H,11H2,1-2H3. The van der Waals surface area contributed by atoms with Crippen molar-refractivity contribution in [2.24, 2.45) is 0 Å². The molecule has 0 N–H and O–H groups in total. The van der Waals surface area contributed by atoms with Crippen molar-refractivity contribution in [3.63, 3.8) is 0 Å². The maximum absolute atomic E-state index is 3.71. The molecule has 2 aliphatic carbocycles. The molecule has 0 unspecified atom stereocenters. The molecule has 0 spiro atoms. The fourth-order valence-corrected chi connectivity index (χ4v) is 4.19. The first kappa shape index (κ1) is 16.1. The highest BCUT2D eigenvalue weighted by molar-refractivity contribution is 5.88. The Bertz CT molecular complexity index is 1240. The zero-order valence-electron chi connectivity index (χ0n) is 15.7. The molecule has 0 heteroatoms. The van der Waals surface area contributed by atoms with Gasteiger partial charge in [0, 0.05) is 0 Å². The average Bonchev–Trinajstić information content (AvgIpc) is 3.31. The Labute approximate surface area is 160 Å². The average molecular weight is 345 g/mol. The predicted octanol–water partition coefficient (Wildman–Crippen LogP) is 5.16. The molecular formula is C27H21. The number of aryl methyl sites for hydroxylation is 1. The summed E-state index contributed by atoms with van der Waals surface area (Å²) in [4.78, 5) is 0. The molecule has 0 bridgehead atoms. The van der Waals surface area contributed by atoms with E-state index in [4.69, 9.17) is 0 Å². The molecule has 0 heterocycles. The molecule has 2 aliphatic rings. The Balaban J connectivity index is 1.84. The molecule has 3 aromatic carbocycles. The maximum atomic E-state index is 3.71. The van der Waals surface area contributed by atoms with E-state index in [2.05, 4.69) is 98.8 Å². The van der Waals surface area contributed by atoms with Crippen LogP contribution in [0.5, 0.6) is 0 Å². The SMILES string of the molecule is Cc1ccc2c(c1)[C]=c1c-2cc(=Cc2ccccc2)c(C)c1C1=CC=CC1. The topological polar surface area (TPSA) is 0 Å². The van der Waals surface area contributed by atoms with Crippen LogP contribution < -0.4 is 10.4 Å². The van der Waals surface area contributed by atoms with E-state index in [9.17, 15) is 0 Å². The third-order valence-corrected chi connectivity index (χ3v) is 5.57. The third-order valence-electron chi connectivity index (χ3n) is 5.57. The minimum absolute atomic E-state index is 0.999. The lowest BCUT2D eigenvalue weighted by Crippen LogP contribution is -2.20. The van der Waals surface area contributed by atoms with Crippen molar-refractivity contribution in [1.29, 1.82) is 0 Å². The molecule has 0 saturated heterocycles. The molecule has 1 radical (unpaired) electrons. The summed E-state index contributed by atoms with van der Waals surface area (Å²) in [6.07, 6.45) is 13.7. The van der Waals surface area contributed by atoms with Gasteiger partial charge in [-0.1, -0.05) is 72.3 Å². The van der Waals surface area contributed by atoms with Crippen molar-refractivity contribution in [1.82, 2.24) is 0 Å². The lowest BCUT2D eigenvalue weighted by Gasteiger charge is -2.12. The van der Waals surface area contributed by atoms with Gasteiger partial charge in [0.2, 0.25) is 0 Å². The van der Waals surface area contributed by atoms with Crippen LogP contribution in [0.4, 0.5) is 0 Å². The molecule has 0 fully saturated rings. The molecule has 27 heavy (non-hydrogen) atoms. The highest BCUT2D eigenvalue weighted by Gasteiger charge is 2.19. The van der Waals surface area contributed by atoms with Crippen LogP contribution in [0.3, 0.4) is 0 Å². The Kier molecular flexibility index (Phi) is 3.72. The van der Waals surface area contributed by atoms with Gasteiger partial charge in [0.25, 0.3) is 0 Å². The number of hydrogen-bond acceptors (Lipinski definition) is 0. The summed E-state index contributed by atoms with van der Waals surface area (Å²) in [5.74, 6) is 0. The van der Waals surface area contributed by atoms with Gasteiger partial charge in [0.15, 0.2) is 0 Å². The van der Waals surface area contributed by atoms with Crippen LogP contribution in [0.25, 0.3) is 28.9 Å². The van der Waals surface area contributed by atoms with Crippen molar-refractivity contribution < 1.29 is 0 Å². The monoisotopic (exact) mass is 345 g/mol. The van der Waals surface area contributed by atoms with Crippen LogP contribution in [0.1, 0.15) is 34.2 Å². The summed E-state index contributed by atoms with van der Waals surface area (Å²) in [6, 6.07) is 19.6. The lowest BCUT2D eigenvalue weighted by atomic mass is 9.91. The summed E-state index contributed by atoms with van der Waals surface area (Å²) in [6.45, 7) is 4.40. The zero-order valence-corrected chi connectivity index (χ0v) is 15.7. The number of allylic oxidation sites excluding steroid dienone is 4. The lowest BCUT2D eigenvalue weighted by molar-refractivity contribution is 1.31. The minimum atomic E-state index is 0.999. The van der Waals surface area contributed by atoms with E-state index in [1.54, 1.807) is 0 Å². The predicted molar refractivity (Wildman–Crippen MR) is 115 cm³/mol. The first-order valence-electron chi connectivity index (χ1n) is 9.52. The molecular weight excluding hydrogens is 324 g/mol. The van der Waals surface area contributed by atoms with E-state index in [-0.39, 0.29) is 0 Å². The van der Waals surface area contributed by atoms with Gasteiger partial charge < -0.3 is 0 Å². The number of benzene rings is 3. The van der Waals surface area contributed by atoms with E-state index in [0.29, 0.717) is 0 Å². The first-order chi connectivity index (χ1) is 13.2. The molecule has 3 aromatic rings. The van der Waals surface area contributed by atoms with E-state index in [1.807, 2.05) is 0 Å². The Morgan fingerprint density at radius 3 is 2.56 bits per heavy atom. The maximum Gasteiger partial charge on any atom is -0.000732 e. The van der Waals surface area contributed by atoms with Crippen molar-refractivity contribution in [3.05, 3.63) is 111 Å². The highest BCUT2D eigenvalue weighted by Crippen LogP contribution is 2.31. The molecule has 0 amide bonds. The normalized spacial score (nSPS) is 14.7. The molecule has 0 atom stereocenters. The van der Waals surface area contributed by atoms with Gasteiger partial charge >= 0.3 is 0 Å². The van der Waals surface area contributed by atoms with Gasteiger partial charge in [-0.15, -0.1) is 0 Å². The van der Waals surface area contributed by atoms with Crippen LogP contribution in [0.15, 0.2) is 72.8 Å². The van der Waals surface area contributed by atoms with Crippen molar-refractivity contribution in [3.8, 4) is 11.1 Å². The Morgan fingerprint density at radius 1 is 0.926 bits per heavy atom. The quantitative estimate of drug-likeness (QED) is 0.471. The molecule has 0 saturated carbocycles. The second kappa shape index (κ2) is 6.25. The Morgan fingerprint density at radius 2 is 1.78 bits per heavy atom. The van der Waals surface area contributed by atoms with Crippen LogP contribution in [-0.4, -0.2) is 0 Å². The highest BCUT2D eigenvalue weighted by atomic mass is 14.2. The summed E-state index contributed by atoms with van der Waals surface area (Å²) in [5.41, 5.74) is 10.4. The summed E-state index contributed by atoms with van der Waals surface area (Å²) in [7, 11) is 0. The summed E-state index contributed by atoms with van der Waals surface area (Å²) in [5, 5.41) is 2.55. The van der Waals surface area contributed by atoms with Gasteiger partial charge in [-0.3, -0.25) is 0 Å². The van der Waals surface area contributed by atoms with Gasteiger partial charge in [-0.2, -0.15) is 0 Å². The third kappa shape index (κ3) is 2.69. The largest absolute Gasteiger partial charge is 0.0801 e. The second-order valence-corrected chi connectivity index (χ2v) is 7.44. The summed E-state index contributed by atoms with van der Waals surface area (Å²) >= 11 is 0. The van der Waals surface area contributed by atoms with Crippen LogP contribution in [0, 0.1) is 13.8 Å². The van der Waals surface area contributed by atoms with E-state index < -0.39 is 0 Å².